The predicted octanol–water partition coefficient (Wildman–Crippen LogP) is 3.36. The normalized spacial score (nSPS) is 11.1. The van der Waals surface area contributed by atoms with Gasteiger partial charge in [0.1, 0.15) is 11.0 Å². The number of hydrogen-bond acceptors (Lipinski definition) is 3. The molecule has 0 fully saturated rings. The van der Waals surface area contributed by atoms with E-state index in [4.69, 9.17) is 4.63 Å². The molecule has 68 valence electrons. The van der Waals surface area contributed by atoms with Crippen LogP contribution in [0.4, 0.5) is 0 Å². The van der Waals surface area contributed by atoms with Crippen LogP contribution in [-0.2, 0) is 0 Å². The molecule has 0 spiro atoms. The highest BCUT2D eigenvalue weighted by atomic mass is 79.9. The molecule has 1 aromatic carbocycles. The Hall–Kier alpha value is -0.420. The van der Waals surface area contributed by atoms with Gasteiger partial charge in [-0.1, -0.05) is 0 Å². The molecular weight excluding hydrogens is 300 g/mol. The molecule has 0 bridgehead atoms. The summed E-state index contributed by atoms with van der Waals surface area (Å²) in [5.41, 5.74) is 3.70. The Bertz CT molecular complexity index is 436. The maximum atomic E-state index is 4.69. The molecule has 0 N–H and O–H groups in total. The van der Waals surface area contributed by atoms with Gasteiger partial charge in [-0.15, -0.1) is 0 Å². The minimum Gasteiger partial charge on any atom is -0.243 e. The van der Waals surface area contributed by atoms with Crippen LogP contribution in [-0.4, -0.2) is 10.3 Å². The average Bonchev–Trinajstić information content (AvgIpc) is 2.59. The monoisotopic (exact) mass is 304 g/mol. The van der Waals surface area contributed by atoms with Gasteiger partial charge in [-0.2, -0.15) is 0 Å². The van der Waals surface area contributed by atoms with Crippen molar-refractivity contribution in [2.75, 3.05) is 0 Å². The van der Waals surface area contributed by atoms with Crippen molar-refractivity contribution in [3.8, 4) is 0 Å². The fourth-order valence-electron chi connectivity index (χ4n) is 1.22. The van der Waals surface area contributed by atoms with Crippen LogP contribution >= 0.6 is 31.9 Å². The zero-order valence-electron chi connectivity index (χ0n) is 7.06. The summed E-state index contributed by atoms with van der Waals surface area (Å²) in [6.45, 7) is 3.95. The lowest BCUT2D eigenvalue weighted by Crippen LogP contribution is -1.86. The van der Waals surface area contributed by atoms with Crippen LogP contribution in [0.2, 0.25) is 0 Å². The number of aryl methyl sites for hydroxylation is 2. The number of aromatic nitrogens is 2. The SMILES string of the molecule is Cc1c(Br)c(Br)c(C)c2nonc12. The first-order valence-corrected chi connectivity index (χ1v) is 5.28. The molecule has 1 heterocycles. The molecule has 13 heavy (non-hydrogen) atoms. The van der Waals surface area contributed by atoms with E-state index in [1.807, 2.05) is 13.8 Å². The smallest absolute Gasteiger partial charge is 0.139 e. The quantitative estimate of drug-likeness (QED) is 0.749. The second-order valence-electron chi connectivity index (χ2n) is 2.84. The summed E-state index contributed by atoms with van der Waals surface area (Å²) in [6.07, 6.45) is 0. The van der Waals surface area contributed by atoms with Crippen molar-refractivity contribution in [3.63, 3.8) is 0 Å². The number of rotatable bonds is 0. The van der Waals surface area contributed by atoms with Gasteiger partial charge >= 0.3 is 0 Å². The first kappa shape index (κ1) is 9.15. The fraction of sp³-hybridized carbons (Fsp3) is 0.250. The minimum atomic E-state index is 0.813. The van der Waals surface area contributed by atoms with Gasteiger partial charge in [-0.3, -0.25) is 0 Å². The summed E-state index contributed by atoms with van der Waals surface area (Å²) < 4.78 is 6.71. The van der Waals surface area contributed by atoms with Crippen molar-refractivity contribution in [2.24, 2.45) is 0 Å². The molecule has 0 saturated heterocycles. The summed E-state index contributed by atoms with van der Waals surface area (Å²) in [6, 6.07) is 0. The molecule has 0 atom stereocenters. The van der Waals surface area contributed by atoms with Crippen molar-refractivity contribution in [2.45, 2.75) is 13.8 Å². The van der Waals surface area contributed by atoms with Crippen LogP contribution in [0.15, 0.2) is 13.6 Å². The van der Waals surface area contributed by atoms with Crippen LogP contribution in [0, 0.1) is 13.8 Å². The third-order valence-corrected chi connectivity index (χ3v) is 4.56. The van der Waals surface area contributed by atoms with Gasteiger partial charge in [-0.05, 0) is 67.1 Å². The van der Waals surface area contributed by atoms with Gasteiger partial charge in [0.25, 0.3) is 0 Å². The van der Waals surface area contributed by atoms with Crippen molar-refractivity contribution in [3.05, 3.63) is 20.1 Å². The highest BCUT2D eigenvalue weighted by Crippen LogP contribution is 2.35. The molecule has 0 unspecified atom stereocenters. The van der Waals surface area contributed by atoms with Crippen molar-refractivity contribution in [1.29, 1.82) is 0 Å². The molecule has 1 aromatic heterocycles. The Labute approximate surface area is 91.7 Å². The van der Waals surface area contributed by atoms with E-state index < -0.39 is 0 Å². The van der Waals surface area contributed by atoms with E-state index in [0.717, 1.165) is 31.1 Å². The molecule has 0 amide bonds. The highest BCUT2D eigenvalue weighted by molar-refractivity contribution is 9.13. The Kier molecular flexibility index (Phi) is 2.15. The maximum Gasteiger partial charge on any atom is 0.139 e. The van der Waals surface area contributed by atoms with Crippen LogP contribution in [0.25, 0.3) is 11.0 Å². The molecule has 2 rings (SSSR count). The van der Waals surface area contributed by atoms with Gasteiger partial charge in [0.2, 0.25) is 0 Å². The highest BCUT2D eigenvalue weighted by Gasteiger charge is 2.14. The lowest BCUT2D eigenvalue weighted by atomic mass is 10.1. The Morgan fingerprint density at radius 2 is 1.31 bits per heavy atom. The van der Waals surface area contributed by atoms with E-state index in [1.54, 1.807) is 0 Å². The average molecular weight is 306 g/mol. The van der Waals surface area contributed by atoms with Crippen molar-refractivity contribution in [1.82, 2.24) is 10.3 Å². The summed E-state index contributed by atoms with van der Waals surface area (Å²) in [7, 11) is 0. The number of benzene rings is 1. The van der Waals surface area contributed by atoms with Crippen LogP contribution in [0.5, 0.6) is 0 Å². The molecule has 0 aliphatic rings. The van der Waals surface area contributed by atoms with Gasteiger partial charge in [0.15, 0.2) is 0 Å². The molecule has 0 aliphatic carbocycles. The lowest BCUT2D eigenvalue weighted by Gasteiger charge is -2.04. The van der Waals surface area contributed by atoms with Gasteiger partial charge in [0.05, 0.1) is 0 Å². The Morgan fingerprint density at radius 1 is 0.923 bits per heavy atom. The molecule has 0 aliphatic heterocycles. The largest absolute Gasteiger partial charge is 0.243 e. The minimum absolute atomic E-state index is 0.813. The van der Waals surface area contributed by atoms with Gasteiger partial charge in [0, 0.05) is 8.95 Å². The molecular formula is C8H6Br2N2O. The van der Waals surface area contributed by atoms with Gasteiger partial charge in [-0.25, -0.2) is 4.63 Å². The summed E-state index contributed by atoms with van der Waals surface area (Å²) >= 11 is 6.96. The zero-order valence-corrected chi connectivity index (χ0v) is 10.2. The van der Waals surface area contributed by atoms with E-state index in [2.05, 4.69) is 42.2 Å². The van der Waals surface area contributed by atoms with Crippen molar-refractivity contribution < 1.29 is 4.63 Å². The number of hydrogen-bond donors (Lipinski definition) is 0. The fourth-order valence-corrected chi connectivity index (χ4v) is 2.19. The second-order valence-corrected chi connectivity index (χ2v) is 4.43. The van der Waals surface area contributed by atoms with E-state index in [9.17, 15) is 0 Å². The van der Waals surface area contributed by atoms with E-state index in [1.165, 1.54) is 0 Å². The molecule has 5 heteroatoms. The lowest BCUT2D eigenvalue weighted by molar-refractivity contribution is 0.315. The van der Waals surface area contributed by atoms with E-state index in [-0.39, 0.29) is 0 Å². The molecule has 0 radical (unpaired) electrons. The third-order valence-electron chi connectivity index (χ3n) is 2.05. The Morgan fingerprint density at radius 3 is 1.69 bits per heavy atom. The van der Waals surface area contributed by atoms with Crippen molar-refractivity contribution >= 4 is 42.9 Å². The number of fused-ring (bicyclic) bond motifs is 1. The van der Waals surface area contributed by atoms with E-state index >= 15 is 0 Å². The summed E-state index contributed by atoms with van der Waals surface area (Å²) in [5.74, 6) is 0. The van der Waals surface area contributed by atoms with Crippen LogP contribution in [0.3, 0.4) is 0 Å². The number of nitrogens with zero attached hydrogens (tertiary/aromatic N) is 2. The third kappa shape index (κ3) is 1.21. The molecule has 3 nitrogen and oxygen atoms in total. The maximum absolute atomic E-state index is 4.69. The predicted molar refractivity (Wildman–Crippen MR) is 56.7 cm³/mol. The molecule has 0 saturated carbocycles. The Balaban J connectivity index is 3.02. The summed E-state index contributed by atoms with van der Waals surface area (Å²) in [5, 5.41) is 7.69. The topological polar surface area (TPSA) is 38.9 Å². The standard InChI is InChI=1S/C8H6Br2N2O/c1-3-5(9)6(10)4(2)8-7(3)11-13-12-8/h1-2H3. The second kappa shape index (κ2) is 3.06. The zero-order chi connectivity index (χ0) is 9.59. The summed E-state index contributed by atoms with van der Waals surface area (Å²) in [4.78, 5) is 0. The first-order valence-electron chi connectivity index (χ1n) is 3.69. The van der Waals surface area contributed by atoms with Gasteiger partial charge < -0.3 is 0 Å². The first-order chi connectivity index (χ1) is 6.13. The van der Waals surface area contributed by atoms with E-state index in [0.29, 0.717) is 0 Å². The number of halogens is 2. The van der Waals surface area contributed by atoms with Crippen LogP contribution < -0.4 is 0 Å². The molecule has 2 aromatic rings. The van der Waals surface area contributed by atoms with Crippen LogP contribution in [0.1, 0.15) is 11.1 Å².